The molecule has 0 aliphatic rings. The van der Waals surface area contributed by atoms with Crippen molar-refractivity contribution in [1.82, 2.24) is 5.32 Å². The summed E-state index contributed by atoms with van der Waals surface area (Å²) in [6, 6.07) is 18.0. The van der Waals surface area contributed by atoms with Crippen LogP contribution in [0.15, 0.2) is 60.7 Å². The van der Waals surface area contributed by atoms with Gasteiger partial charge in [-0.2, -0.15) is 0 Å². The second-order valence-electron chi connectivity index (χ2n) is 6.76. The predicted molar refractivity (Wildman–Crippen MR) is 103 cm³/mol. The third-order valence-electron chi connectivity index (χ3n) is 4.22. The zero-order chi connectivity index (χ0) is 19.6. The molecule has 27 heavy (non-hydrogen) atoms. The van der Waals surface area contributed by atoms with Crippen LogP contribution in [-0.4, -0.2) is 24.2 Å². The maximum Gasteiger partial charge on any atom is 0.319 e. The number of carbonyl (C=O) groups excluding carboxylic acids is 3. The molecule has 0 radical (unpaired) electrons. The summed E-state index contributed by atoms with van der Waals surface area (Å²) in [7, 11) is 0. The van der Waals surface area contributed by atoms with Gasteiger partial charge in [-0.25, -0.2) is 0 Å². The van der Waals surface area contributed by atoms with Crippen LogP contribution in [-0.2, 0) is 32.1 Å². The van der Waals surface area contributed by atoms with E-state index in [1.807, 2.05) is 60.7 Å². The third-order valence-corrected chi connectivity index (χ3v) is 4.22. The Labute approximate surface area is 159 Å². The van der Waals surface area contributed by atoms with Crippen LogP contribution >= 0.6 is 0 Å². The standard InChI is InChI=1S/C22H25NO4/c1-16(2)20(22(26)27-15-18-11-7-4-8-12-18)21(25)23-19(14-24)13-17-9-5-3-6-10-17/h3-12,14,16,19-20H,13,15H2,1-2H3,(H,23,25)/t19-,20?/m0/s1. The monoisotopic (exact) mass is 367 g/mol. The minimum absolute atomic E-state index is 0.108. The number of ether oxygens (including phenoxy) is 1. The molecule has 2 aromatic rings. The fourth-order valence-electron chi connectivity index (χ4n) is 2.77. The summed E-state index contributed by atoms with van der Waals surface area (Å²) >= 11 is 0. The second-order valence-corrected chi connectivity index (χ2v) is 6.76. The van der Waals surface area contributed by atoms with Gasteiger partial charge in [-0.3, -0.25) is 9.59 Å². The van der Waals surface area contributed by atoms with Gasteiger partial charge in [0.25, 0.3) is 0 Å². The lowest BCUT2D eigenvalue weighted by Crippen LogP contribution is -2.45. The van der Waals surface area contributed by atoms with E-state index in [0.717, 1.165) is 11.1 Å². The minimum atomic E-state index is -0.966. The molecular weight excluding hydrogens is 342 g/mol. The molecule has 0 fully saturated rings. The maximum atomic E-state index is 12.6. The SMILES string of the molecule is CC(C)C(C(=O)N[C@H](C=O)Cc1ccccc1)C(=O)OCc1ccccc1. The summed E-state index contributed by atoms with van der Waals surface area (Å²) in [4.78, 5) is 36.5. The Kier molecular flexibility index (Phi) is 7.74. The molecule has 0 aromatic heterocycles. The summed E-state index contributed by atoms with van der Waals surface area (Å²) in [5.41, 5.74) is 1.78. The highest BCUT2D eigenvalue weighted by Crippen LogP contribution is 2.15. The first-order valence-electron chi connectivity index (χ1n) is 9.01. The molecule has 1 unspecified atom stereocenters. The van der Waals surface area contributed by atoms with E-state index >= 15 is 0 Å². The predicted octanol–water partition coefficient (Wildman–Crippen LogP) is 2.93. The van der Waals surface area contributed by atoms with Gasteiger partial charge in [0, 0.05) is 0 Å². The van der Waals surface area contributed by atoms with Crippen molar-refractivity contribution in [2.24, 2.45) is 11.8 Å². The Morgan fingerprint density at radius 3 is 2.04 bits per heavy atom. The van der Waals surface area contributed by atoms with Crippen molar-refractivity contribution >= 4 is 18.2 Å². The first-order valence-corrected chi connectivity index (χ1v) is 9.01. The molecule has 0 heterocycles. The van der Waals surface area contributed by atoms with Gasteiger partial charge in [0.2, 0.25) is 5.91 Å². The van der Waals surface area contributed by atoms with Crippen LogP contribution in [0.25, 0.3) is 0 Å². The first kappa shape index (κ1) is 20.4. The Hall–Kier alpha value is -2.95. The largest absolute Gasteiger partial charge is 0.460 e. The van der Waals surface area contributed by atoms with Gasteiger partial charge in [0.15, 0.2) is 0 Å². The smallest absolute Gasteiger partial charge is 0.319 e. The molecule has 1 amide bonds. The van der Waals surface area contributed by atoms with Crippen LogP contribution < -0.4 is 5.32 Å². The highest BCUT2D eigenvalue weighted by atomic mass is 16.5. The molecule has 0 spiro atoms. The number of esters is 1. The molecule has 2 aromatic carbocycles. The molecular formula is C22H25NO4. The Morgan fingerprint density at radius 1 is 0.963 bits per heavy atom. The van der Waals surface area contributed by atoms with Gasteiger partial charge in [-0.05, 0) is 23.5 Å². The normalized spacial score (nSPS) is 12.9. The number of hydrogen-bond donors (Lipinski definition) is 1. The van der Waals surface area contributed by atoms with Crippen LogP contribution in [0.1, 0.15) is 25.0 Å². The van der Waals surface area contributed by atoms with E-state index in [1.54, 1.807) is 13.8 Å². The Bertz CT molecular complexity index is 743. The van der Waals surface area contributed by atoms with E-state index < -0.39 is 23.8 Å². The summed E-state index contributed by atoms with van der Waals surface area (Å²) < 4.78 is 5.32. The highest BCUT2D eigenvalue weighted by molar-refractivity contribution is 5.98. The fraction of sp³-hybridized carbons (Fsp3) is 0.318. The first-order chi connectivity index (χ1) is 13.0. The molecule has 5 nitrogen and oxygen atoms in total. The Morgan fingerprint density at radius 2 is 1.52 bits per heavy atom. The molecule has 0 aliphatic carbocycles. The zero-order valence-corrected chi connectivity index (χ0v) is 15.6. The van der Waals surface area contributed by atoms with Gasteiger partial charge in [-0.1, -0.05) is 74.5 Å². The number of nitrogens with one attached hydrogen (secondary N) is 1. The van der Waals surface area contributed by atoms with E-state index in [-0.39, 0.29) is 12.5 Å². The molecule has 1 N–H and O–H groups in total. The minimum Gasteiger partial charge on any atom is -0.460 e. The summed E-state index contributed by atoms with van der Waals surface area (Å²) in [6.07, 6.45) is 1.07. The molecule has 0 saturated heterocycles. The molecule has 0 saturated carbocycles. The van der Waals surface area contributed by atoms with Gasteiger partial charge >= 0.3 is 5.97 Å². The molecule has 142 valence electrons. The van der Waals surface area contributed by atoms with Crippen molar-refractivity contribution in [3.63, 3.8) is 0 Å². The van der Waals surface area contributed by atoms with Crippen molar-refractivity contribution in [2.45, 2.75) is 32.9 Å². The zero-order valence-electron chi connectivity index (χ0n) is 15.6. The van der Waals surface area contributed by atoms with Crippen molar-refractivity contribution in [2.75, 3.05) is 0 Å². The Balaban J connectivity index is 1.98. The summed E-state index contributed by atoms with van der Waals surface area (Å²) in [6.45, 7) is 3.67. The van der Waals surface area contributed by atoms with Gasteiger partial charge in [0.05, 0.1) is 6.04 Å². The number of carbonyl (C=O) groups is 3. The summed E-state index contributed by atoms with van der Waals surface area (Å²) in [5, 5.41) is 2.67. The maximum absolute atomic E-state index is 12.6. The quantitative estimate of drug-likeness (QED) is 0.420. The number of benzene rings is 2. The van der Waals surface area contributed by atoms with Crippen LogP contribution in [0.4, 0.5) is 0 Å². The number of amides is 1. The molecule has 2 rings (SSSR count). The summed E-state index contributed by atoms with van der Waals surface area (Å²) in [5.74, 6) is -2.30. The lowest BCUT2D eigenvalue weighted by molar-refractivity contribution is -0.156. The van der Waals surface area contributed by atoms with E-state index in [1.165, 1.54) is 0 Å². The third kappa shape index (κ3) is 6.37. The second kappa shape index (κ2) is 10.3. The van der Waals surface area contributed by atoms with Gasteiger partial charge in [-0.15, -0.1) is 0 Å². The highest BCUT2D eigenvalue weighted by Gasteiger charge is 2.32. The van der Waals surface area contributed by atoms with E-state index in [2.05, 4.69) is 5.32 Å². The van der Waals surface area contributed by atoms with Gasteiger partial charge < -0.3 is 14.8 Å². The molecule has 5 heteroatoms. The van der Waals surface area contributed by atoms with Crippen LogP contribution in [0.5, 0.6) is 0 Å². The fourth-order valence-corrected chi connectivity index (χ4v) is 2.77. The van der Waals surface area contributed by atoms with Crippen molar-refractivity contribution in [3.05, 3.63) is 71.8 Å². The average Bonchev–Trinajstić information content (AvgIpc) is 2.67. The van der Waals surface area contributed by atoms with Crippen LogP contribution in [0.3, 0.4) is 0 Å². The molecule has 2 atom stereocenters. The number of aldehydes is 1. The number of rotatable bonds is 9. The topological polar surface area (TPSA) is 72.5 Å². The molecule has 0 aliphatic heterocycles. The van der Waals surface area contributed by atoms with Gasteiger partial charge in [0.1, 0.15) is 18.8 Å². The number of hydrogen-bond acceptors (Lipinski definition) is 4. The van der Waals surface area contributed by atoms with Crippen molar-refractivity contribution < 1.29 is 19.1 Å². The average molecular weight is 367 g/mol. The van der Waals surface area contributed by atoms with Crippen LogP contribution in [0, 0.1) is 11.8 Å². The van der Waals surface area contributed by atoms with E-state index in [4.69, 9.17) is 4.74 Å². The van der Waals surface area contributed by atoms with Crippen molar-refractivity contribution in [1.29, 1.82) is 0 Å². The van der Waals surface area contributed by atoms with Crippen molar-refractivity contribution in [3.8, 4) is 0 Å². The molecule has 0 bridgehead atoms. The lowest BCUT2D eigenvalue weighted by Gasteiger charge is -2.21. The van der Waals surface area contributed by atoms with Crippen LogP contribution in [0.2, 0.25) is 0 Å². The van der Waals surface area contributed by atoms with E-state index in [0.29, 0.717) is 12.7 Å². The lowest BCUT2D eigenvalue weighted by atomic mass is 9.94. The van der Waals surface area contributed by atoms with E-state index in [9.17, 15) is 14.4 Å².